The smallest absolute Gasteiger partial charge is 0.197 e. The minimum absolute atomic E-state index is 0.393. The number of aryl methyl sites for hydroxylation is 2. The van der Waals surface area contributed by atoms with Crippen LogP contribution < -0.4 is 0 Å². The summed E-state index contributed by atoms with van der Waals surface area (Å²) in [4.78, 5) is 4.62. The van der Waals surface area contributed by atoms with E-state index in [0.29, 0.717) is 24.9 Å². The second-order valence-corrected chi connectivity index (χ2v) is 8.44. The number of rotatable bonds is 2. The van der Waals surface area contributed by atoms with Crippen molar-refractivity contribution >= 4 is 11.8 Å². The molecule has 1 aliphatic heterocycles. The Morgan fingerprint density at radius 1 is 1.00 bits per heavy atom. The molecular weight excluding hydrogens is 374 g/mol. The number of oxazole rings is 1. The Morgan fingerprint density at radius 3 is 2.50 bits per heavy atom. The van der Waals surface area contributed by atoms with Gasteiger partial charge in [0.15, 0.2) is 11.7 Å². The fraction of sp³-hybridized carbons (Fsp3) is 0.476. The van der Waals surface area contributed by atoms with Crippen LogP contribution in [0.4, 0.5) is 0 Å². The van der Waals surface area contributed by atoms with Crippen LogP contribution in [0.3, 0.4) is 0 Å². The molecule has 7 heteroatoms. The lowest BCUT2D eigenvalue weighted by atomic mass is 9.81. The van der Waals surface area contributed by atoms with Crippen molar-refractivity contribution in [3.8, 4) is 5.69 Å². The van der Waals surface area contributed by atoms with E-state index in [2.05, 4.69) is 44.0 Å². The van der Waals surface area contributed by atoms with Gasteiger partial charge >= 0.3 is 0 Å². The number of halogens is 1. The molecule has 1 aromatic carbocycles. The Kier molecular flexibility index (Phi) is 4.48. The minimum atomic E-state index is 0.393. The van der Waals surface area contributed by atoms with Crippen LogP contribution in [0.2, 0.25) is 0 Å². The highest BCUT2D eigenvalue weighted by atomic mass is 35.5. The third-order valence-corrected chi connectivity index (χ3v) is 6.37. The lowest BCUT2D eigenvalue weighted by Crippen LogP contribution is -2.17. The van der Waals surface area contributed by atoms with Crippen LogP contribution >= 0.6 is 11.8 Å². The maximum atomic E-state index is 6.41. The normalized spacial score (nSPS) is 22.5. The molecule has 1 saturated carbocycles. The third kappa shape index (κ3) is 3.05. The van der Waals surface area contributed by atoms with Gasteiger partial charge in [-0.25, -0.2) is 9.40 Å². The second kappa shape index (κ2) is 7.01. The van der Waals surface area contributed by atoms with Gasteiger partial charge in [-0.05, 0) is 62.9 Å². The van der Waals surface area contributed by atoms with Gasteiger partial charge in [0.05, 0.1) is 17.9 Å². The summed E-state index contributed by atoms with van der Waals surface area (Å²) in [6.07, 6.45) is 4.26. The predicted molar refractivity (Wildman–Crippen MR) is 106 cm³/mol. The Morgan fingerprint density at radius 2 is 1.75 bits per heavy atom. The van der Waals surface area contributed by atoms with E-state index in [9.17, 15) is 0 Å². The molecule has 3 aromatic rings. The fourth-order valence-electron chi connectivity index (χ4n) is 4.49. The lowest BCUT2D eigenvalue weighted by molar-refractivity contribution is 0.326. The number of para-hydroxylation sites is 1. The number of fused-ring (bicyclic) bond motifs is 3. The van der Waals surface area contributed by atoms with Gasteiger partial charge in [0.2, 0.25) is 0 Å². The second-order valence-electron chi connectivity index (χ2n) is 7.96. The zero-order valence-corrected chi connectivity index (χ0v) is 17.0. The zero-order chi connectivity index (χ0) is 19.3. The first-order valence-electron chi connectivity index (χ1n) is 9.97. The van der Waals surface area contributed by atoms with Gasteiger partial charge in [-0.1, -0.05) is 18.2 Å². The molecule has 2 aliphatic rings. The zero-order valence-electron chi connectivity index (χ0n) is 16.2. The van der Waals surface area contributed by atoms with E-state index in [-0.39, 0.29) is 0 Å². The van der Waals surface area contributed by atoms with Crippen molar-refractivity contribution in [1.82, 2.24) is 24.2 Å². The maximum absolute atomic E-state index is 6.41. The van der Waals surface area contributed by atoms with Crippen molar-refractivity contribution < 1.29 is 4.42 Å². The van der Waals surface area contributed by atoms with E-state index >= 15 is 0 Å². The molecule has 0 amide bonds. The Hall–Kier alpha value is -2.18. The van der Waals surface area contributed by atoms with Crippen LogP contribution in [0.15, 0.2) is 28.7 Å². The van der Waals surface area contributed by atoms with Gasteiger partial charge < -0.3 is 4.42 Å². The van der Waals surface area contributed by atoms with Crippen molar-refractivity contribution in [3.05, 3.63) is 58.8 Å². The molecular formula is C21H24ClN5O. The average Bonchev–Trinajstić information content (AvgIpc) is 3.21. The highest BCUT2D eigenvalue weighted by Gasteiger charge is 2.32. The molecule has 1 fully saturated rings. The summed E-state index contributed by atoms with van der Waals surface area (Å²) >= 11 is 6.41. The van der Waals surface area contributed by atoms with Crippen molar-refractivity contribution in [3.63, 3.8) is 0 Å². The van der Waals surface area contributed by atoms with Crippen molar-refractivity contribution in [2.45, 2.75) is 64.5 Å². The van der Waals surface area contributed by atoms with E-state index < -0.39 is 0 Å². The molecule has 0 radical (unpaired) electrons. The first-order chi connectivity index (χ1) is 13.6. The molecule has 0 N–H and O–H groups in total. The van der Waals surface area contributed by atoms with E-state index in [1.807, 2.05) is 13.8 Å². The standard InChI is InChI=1S/C21H24ClN5O/c1-13-14(2)28-21(23-13)16-9-7-15(8-10-16)20-25-24-19-12-26(22)11-17-5-3-4-6-18(17)27(19)20/h3-6,15-16H,7-12H2,1-2H3. The molecule has 0 bridgehead atoms. The number of hydrogen-bond donors (Lipinski definition) is 0. The number of nitrogens with zero attached hydrogens (tertiary/aromatic N) is 5. The largest absolute Gasteiger partial charge is 0.445 e. The summed E-state index contributed by atoms with van der Waals surface area (Å²) < 4.78 is 9.90. The summed E-state index contributed by atoms with van der Waals surface area (Å²) in [5, 5.41) is 9.09. The molecule has 28 heavy (non-hydrogen) atoms. The van der Waals surface area contributed by atoms with Crippen LogP contribution in [-0.4, -0.2) is 24.2 Å². The molecule has 2 aromatic heterocycles. The van der Waals surface area contributed by atoms with Crippen molar-refractivity contribution in [2.75, 3.05) is 0 Å². The van der Waals surface area contributed by atoms with E-state index in [1.54, 1.807) is 4.42 Å². The van der Waals surface area contributed by atoms with Crippen molar-refractivity contribution in [2.24, 2.45) is 0 Å². The topological polar surface area (TPSA) is 60.0 Å². The van der Waals surface area contributed by atoms with Crippen molar-refractivity contribution in [1.29, 1.82) is 0 Å². The van der Waals surface area contributed by atoms with Crippen LogP contribution in [0.5, 0.6) is 0 Å². The van der Waals surface area contributed by atoms with Gasteiger partial charge in [0, 0.05) is 18.4 Å². The Balaban J connectivity index is 1.43. The summed E-state index contributed by atoms with van der Waals surface area (Å²) in [6, 6.07) is 8.41. The molecule has 0 saturated heterocycles. The Bertz CT molecular complexity index is 983. The predicted octanol–water partition coefficient (Wildman–Crippen LogP) is 4.78. The molecule has 146 valence electrons. The summed E-state index contributed by atoms with van der Waals surface area (Å²) in [5.74, 6) is 4.60. The maximum Gasteiger partial charge on any atom is 0.197 e. The molecule has 3 heterocycles. The van der Waals surface area contributed by atoms with Gasteiger partial charge in [-0.15, -0.1) is 10.2 Å². The lowest BCUT2D eigenvalue weighted by Gasteiger charge is -2.26. The first-order valence-corrected chi connectivity index (χ1v) is 10.3. The number of hydrogen-bond acceptors (Lipinski definition) is 5. The van der Waals surface area contributed by atoms with Gasteiger partial charge in [0.1, 0.15) is 11.6 Å². The quantitative estimate of drug-likeness (QED) is 0.582. The number of benzene rings is 1. The Labute approximate surface area is 169 Å². The van der Waals surface area contributed by atoms with Crippen LogP contribution in [0, 0.1) is 13.8 Å². The highest BCUT2D eigenvalue weighted by Crippen LogP contribution is 2.41. The summed E-state index contributed by atoms with van der Waals surface area (Å²) in [7, 11) is 0. The van der Waals surface area contributed by atoms with E-state index in [0.717, 1.165) is 60.4 Å². The van der Waals surface area contributed by atoms with Gasteiger partial charge in [0.25, 0.3) is 0 Å². The minimum Gasteiger partial charge on any atom is -0.445 e. The first kappa shape index (κ1) is 17.9. The summed E-state index contributed by atoms with van der Waals surface area (Å²) in [6.45, 7) is 5.29. The van der Waals surface area contributed by atoms with Crippen LogP contribution in [0.25, 0.3) is 5.69 Å². The summed E-state index contributed by atoms with van der Waals surface area (Å²) in [5.41, 5.74) is 3.36. The monoisotopic (exact) mass is 397 g/mol. The molecule has 0 spiro atoms. The third-order valence-electron chi connectivity index (χ3n) is 6.13. The van der Waals surface area contributed by atoms with Crippen LogP contribution in [0.1, 0.15) is 72.1 Å². The SMILES string of the molecule is Cc1nc(C2CCC(c3nnc4n3-c3ccccc3CN(Cl)C4)CC2)oc1C. The molecule has 5 rings (SSSR count). The van der Waals surface area contributed by atoms with E-state index in [1.165, 1.54) is 5.56 Å². The fourth-order valence-corrected chi connectivity index (χ4v) is 4.72. The molecule has 6 nitrogen and oxygen atoms in total. The van der Waals surface area contributed by atoms with Gasteiger partial charge in [-0.3, -0.25) is 4.57 Å². The van der Waals surface area contributed by atoms with E-state index in [4.69, 9.17) is 16.2 Å². The highest BCUT2D eigenvalue weighted by molar-refractivity contribution is 6.13. The number of aromatic nitrogens is 4. The molecule has 0 atom stereocenters. The van der Waals surface area contributed by atoms with Gasteiger partial charge in [-0.2, -0.15) is 0 Å². The molecule has 1 aliphatic carbocycles. The van der Waals surface area contributed by atoms with Crippen LogP contribution in [-0.2, 0) is 13.1 Å². The molecule has 0 unspecified atom stereocenters. The average molecular weight is 398 g/mol.